The molecule has 1 saturated heterocycles. The van der Waals surface area contributed by atoms with E-state index in [0.717, 1.165) is 23.9 Å². The molecule has 3 atom stereocenters. The van der Waals surface area contributed by atoms with E-state index in [2.05, 4.69) is 31.1 Å². The van der Waals surface area contributed by atoms with E-state index in [4.69, 9.17) is 0 Å². The van der Waals surface area contributed by atoms with Gasteiger partial charge in [0.15, 0.2) is 0 Å². The van der Waals surface area contributed by atoms with Crippen molar-refractivity contribution >= 4 is 0 Å². The van der Waals surface area contributed by atoms with E-state index in [1.807, 2.05) is 0 Å². The van der Waals surface area contributed by atoms with Crippen molar-refractivity contribution in [2.24, 2.45) is 11.8 Å². The molecule has 3 unspecified atom stereocenters. The minimum Gasteiger partial charge on any atom is -0.316 e. The monoisotopic (exact) mass is 238 g/mol. The standard InChI is InChI=1S/C15H30N2/c1-4-6-12-9-14(16-3)11-17(10-12)15(5-2)13-7-8-13/h12-16H,4-11H2,1-3H3. The molecule has 1 aliphatic carbocycles. The molecule has 17 heavy (non-hydrogen) atoms. The highest BCUT2D eigenvalue weighted by molar-refractivity contribution is 4.92. The smallest absolute Gasteiger partial charge is 0.0195 e. The zero-order valence-corrected chi connectivity index (χ0v) is 11.9. The zero-order chi connectivity index (χ0) is 12.3. The molecule has 1 heterocycles. The Labute approximate surface area is 107 Å². The van der Waals surface area contributed by atoms with E-state index in [9.17, 15) is 0 Å². The van der Waals surface area contributed by atoms with Crippen molar-refractivity contribution in [3.63, 3.8) is 0 Å². The summed E-state index contributed by atoms with van der Waals surface area (Å²) < 4.78 is 0. The van der Waals surface area contributed by atoms with Crippen molar-refractivity contribution in [3.8, 4) is 0 Å². The van der Waals surface area contributed by atoms with Gasteiger partial charge in [-0.3, -0.25) is 4.90 Å². The van der Waals surface area contributed by atoms with Gasteiger partial charge in [0, 0.05) is 25.2 Å². The minimum absolute atomic E-state index is 0.730. The molecule has 100 valence electrons. The third kappa shape index (κ3) is 3.45. The highest BCUT2D eigenvalue weighted by Crippen LogP contribution is 2.38. The Kier molecular flexibility index (Phi) is 4.87. The first-order valence-corrected chi connectivity index (χ1v) is 7.69. The van der Waals surface area contributed by atoms with E-state index >= 15 is 0 Å². The third-order valence-corrected chi connectivity index (χ3v) is 4.72. The summed E-state index contributed by atoms with van der Waals surface area (Å²) in [4.78, 5) is 2.81. The van der Waals surface area contributed by atoms with Crippen LogP contribution in [0.2, 0.25) is 0 Å². The van der Waals surface area contributed by atoms with Crippen LogP contribution < -0.4 is 5.32 Å². The van der Waals surface area contributed by atoms with Crippen molar-refractivity contribution in [3.05, 3.63) is 0 Å². The lowest BCUT2D eigenvalue weighted by atomic mass is 9.89. The molecule has 0 spiro atoms. The summed E-state index contributed by atoms with van der Waals surface area (Å²) in [5.74, 6) is 1.96. The van der Waals surface area contributed by atoms with Gasteiger partial charge in [0.2, 0.25) is 0 Å². The molecular formula is C15H30N2. The van der Waals surface area contributed by atoms with Crippen LogP contribution in [0.25, 0.3) is 0 Å². The second-order valence-corrected chi connectivity index (χ2v) is 6.14. The molecule has 0 amide bonds. The predicted molar refractivity (Wildman–Crippen MR) is 74.2 cm³/mol. The second kappa shape index (κ2) is 6.19. The Morgan fingerprint density at radius 2 is 2.00 bits per heavy atom. The van der Waals surface area contributed by atoms with Gasteiger partial charge in [-0.25, -0.2) is 0 Å². The quantitative estimate of drug-likeness (QED) is 0.765. The topological polar surface area (TPSA) is 15.3 Å². The van der Waals surface area contributed by atoms with Crippen LogP contribution in [0.5, 0.6) is 0 Å². The lowest BCUT2D eigenvalue weighted by Gasteiger charge is -2.42. The van der Waals surface area contributed by atoms with Crippen LogP contribution in [-0.4, -0.2) is 37.1 Å². The molecule has 0 radical (unpaired) electrons. The summed E-state index contributed by atoms with van der Waals surface area (Å²) in [6.07, 6.45) is 8.46. The molecule has 0 aromatic carbocycles. The van der Waals surface area contributed by atoms with E-state index in [1.165, 1.54) is 51.6 Å². The molecule has 0 bridgehead atoms. The maximum atomic E-state index is 3.52. The maximum absolute atomic E-state index is 3.52. The molecule has 1 aliphatic heterocycles. The van der Waals surface area contributed by atoms with Crippen molar-refractivity contribution < 1.29 is 0 Å². The summed E-state index contributed by atoms with van der Waals surface area (Å²) in [5.41, 5.74) is 0. The van der Waals surface area contributed by atoms with Crippen molar-refractivity contribution in [1.82, 2.24) is 10.2 Å². The van der Waals surface area contributed by atoms with E-state index in [1.54, 1.807) is 0 Å². The Bertz CT molecular complexity index is 225. The number of nitrogens with zero attached hydrogens (tertiary/aromatic N) is 1. The van der Waals surface area contributed by atoms with Crippen LogP contribution in [0, 0.1) is 11.8 Å². The second-order valence-electron chi connectivity index (χ2n) is 6.14. The Morgan fingerprint density at radius 3 is 2.53 bits per heavy atom. The molecule has 2 aliphatic rings. The van der Waals surface area contributed by atoms with Crippen LogP contribution >= 0.6 is 0 Å². The zero-order valence-electron chi connectivity index (χ0n) is 11.9. The van der Waals surface area contributed by atoms with Crippen LogP contribution in [0.4, 0.5) is 0 Å². The van der Waals surface area contributed by atoms with Crippen LogP contribution in [0.1, 0.15) is 52.4 Å². The van der Waals surface area contributed by atoms with Crippen LogP contribution in [0.3, 0.4) is 0 Å². The predicted octanol–water partition coefficient (Wildman–Crippen LogP) is 2.89. The molecule has 1 saturated carbocycles. The first-order valence-electron chi connectivity index (χ1n) is 7.69. The van der Waals surface area contributed by atoms with E-state index in [-0.39, 0.29) is 0 Å². The van der Waals surface area contributed by atoms with Gasteiger partial charge in [0.25, 0.3) is 0 Å². The molecule has 2 rings (SSSR count). The fourth-order valence-corrected chi connectivity index (χ4v) is 3.71. The Morgan fingerprint density at radius 1 is 1.24 bits per heavy atom. The van der Waals surface area contributed by atoms with Gasteiger partial charge in [-0.05, 0) is 51.0 Å². The van der Waals surface area contributed by atoms with Crippen molar-refractivity contribution in [2.45, 2.75) is 64.5 Å². The van der Waals surface area contributed by atoms with Crippen LogP contribution in [-0.2, 0) is 0 Å². The largest absolute Gasteiger partial charge is 0.316 e. The lowest BCUT2D eigenvalue weighted by molar-refractivity contribution is 0.0827. The number of piperidine rings is 1. The van der Waals surface area contributed by atoms with Crippen molar-refractivity contribution in [1.29, 1.82) is 0 Å². The summed E-state index contributed by atoms with van der Waals surface area (Å²) in [6.45, 7) is 7.35. The molecule has 0 aromatic heterocycles. The average Bonchev–Trinajstić information content (AvgIpc) is 3.15. The fraction of sp³-hybridized carbons (Fsp3) is 1.00. The Balaban J connectivity index is 1.94. The van der Waals surface area contributed by atoms with E-state index in [0.29, 0.717) is 0 Å². The number of likely N-dealkylation sites (tertiary alicyclic amines) is 1. The molecule has 1 N–H and O–H groups in total. The summed E-state index contributed by atoms with van der Waals surface area (Å²) in [5, 5.41) is 3.52. The number of hydrogen-bond donors (Lipinski definition) is 1. The van der Waals surface area contributed by atoms with Gasteiger partial charge in [0.1, 0.15) is 0 Å². The first-order chi connectivity index (χ1) is 8.28. The fourth-order valence-electron chi connectivity index (χ4n) is 3.71. The van der Waals surface area contributed by atoms with Gasteiger partial charge in [0.05, 0.1) is 0 Å². The van der Waals surface area contributed by atoms with Gasteiger partial charge in [-0.2, -0.15) is 0 Å². The number of nitrogens with one attached hydrogen (secondary N) is 1. The van der Waals surface area contributed by atoms with Gasteiger partial charge in [-0.1, -0.05) is 20.3 Å². The van der Waals surface area contributed by atoms with Gasteiger partial charge < -0.3 is 5.32 Å². The highest BCUT2D eigenvalue weighted by Gasteiger charge is 2.37. The minimum atomic E-state index is 0.730. The third-order valence-electron chi connectivity index (χ3n) is 4.72. The maximum Gasteiger partial charge on any atom is 0.0195 e. The van der Waals surface area contributed by atoms with Gasteiger partial charge in [-0.15, -0.1) is 0 Å². The van der Waals surface area contributed by atoms with Crippen molar-refractivity contribution in [2.75, 3.05) is 20.1 Å². The highest BCUT2D eigenvalue weighted by atomic mass is 15.2. The SMILES string of the molecule is CCCC1CC(NC)CN(C(CC)C2CC2)C1. The summed E-state index contributed by atoms with van der Waals surface area (Å²) in [6, 6.07) is 1.61. The van der Waals surface area contributed by atoms with E-state index < -0.39 is 0 Å². The average molecular weight is 238 g/mol. The number of hydrogen-bond acceptors (Lipinski definition) is 2. The molecule has 2 nitrogen and oxygen atoms in total. The molecule has 0 aromatic rings. The number of likely N-dealkylation sites (N-methyl/N-ethyl adjacent to an activating group) is 1. The normalized spacial score (nSPS) is 32.6. The summed E-state index contributed by atoms with van der Waals surface area (Å²) in [7, 11) is 2.13. The molecule has 2 heteroatoms. The van der Waals surface area contributed by atoms with Crippen LogP contribution in [0.15, 0.2) is 0 Å². The lowest BCUT2D eigenvalue weighted by Crippen LogP contribution is -2.52. The Hall–Kier alpha value is -0.0800. The first kappa shape index (κ1) is 13.4. The summed E-state index contributed by atoms with van der Waals surface area (Å²) >= 11 is 0. The van der Waals surface area contributed by atoms with Gasteiger partial charge >= 0.3 is 0 Å². The molecule has 2 fully saturated rings. The number of rotatable bonds is 6. The molecular weight excluding hydrogens is 208 g/mol.